The van der Waals surface area contributed by atoms with Gasteiger partial charge in [-0.05, 0) is 48.2 Å². The highest BCUT2D eigenvalue weighted by atomic mass is 15.1. The second-order valence-corrected chi connectivity index (χ2v) is 8.17. The average Bonchev–Trinajstić information content (AvgIpc) is 3.19. The van der Waals surface area contributed by atoms with Crippen LogP contribution in [0.2, 0.25) is 0 Å². The van der Waals surface area contributed by atoms with Gasteiger partial charge in [0.05, 0.1) is 0 Å². The van der Waals surface area contributed by atoms with Gasteiger partial charge in [0.15, 0.2) is 0 Å². The molecule has 30 heavy (non-hydrogen) atoms. The summed E-state index contributed by atoms with van der Waals surface area (Å²) in [6.07, 6.45) is 2.20. The summed E-state index contributed by atoms with van der Waals surface area (Å²) in [5.74, 6) is 0. The maximum Gasteiger partial charge on any atom is 0.0476 e. The van der Waals surface area contributed by atoms with Crippen LogP contribution < -0.4 is 0 Å². The van der Waals surface area contributed by atoms with E-state index in [1.807, 2.05) is 0 Å². The van der Waals surface area contributed by atoms with Crippen LogP contribution in [0.5, 0.6) is 0 Å². The molecule has 0 saturated carbocycles. The highest BCUT2D eigenvalue weighted by Gasteiger charge is 2.12. The van der Waals surface area contributed by atoms with Gasteiger partial charge in [-0.15, -0.1) is 0 Å². The molecule has 0 aliphatic rings. The van der Waals surface area contributed by atoms with E-state index in [1.54, 1.807) is 0 Å². The van der Waals surface area contributed by atoms with Crippen LogP contribution in [0.1, 0.15) is 33.5 Å². The molecule has 0 atom stereocenters. The summed E-state index contributed by atoms with van der Waals surface area (Å²) in [6, 6.07) is 32.8. The first-order valence-corrected chi connectivity index (χ1v) is 10.7. The summed E-state index contributed by atoms with van der Waals surface area (Å²) in [5, 5.41) is 0. The van der Waals surface area contributed by atoms with Crippen LogP contribution in [0.15, 0.2) is 97.2 Å². The normalized spacial score (nSPS) is 11.2. The second-order valence-electron chi connectivity index (χ2n) is 8.17. The fourth-order valence-electron chi connectivity index (χ4n) is 3.91. The summed E-state index contributed by atoms with van der Waals surface area (Å²) >= 11 is 0. The zero-order valence-corrected chi connectivity index (χ0v) is 18.0. The topological polar surface area (TPSA) is 8.17 Å². The monoisotopic (exact) mass is 394 g/mol. The van der Waals surface area contributed by atoms with E-state index in [1.165, 1.54) is 33.5 Å². The van der Waals surface area contributed by atoms with Gasteiger partial charge in [0, 0.05) is 38.1 Å². The first-order chi connectivity index (χ1) is 14.7. The number of aromatic nitrogens is 1. The predicted octanol–water partition coefficient (Wildman–Crippen LogP) is 6.36. The molecule has 4 aromatic rings. The van der Waals surface area contributed by atoms with Gasteiger partial charge in [-0.25, -0.2) is 0 Å². The van der Waals surface area contributed by atoms with Gasteiger partial charge in [0.25, 0.3) is 0 Å². The van der Waals surface area contributed by atoms with E-state index < -0.39 is 0 Å². The zero-order chi connectivity index (χ0) is 20.8. The molecule has 2 nitrogen and oxygen atoms in total. The second kappa shape index (κ2) is 9.60. The highest BCUT2D eigenvalue weighted by Crippen LogP contribution is 2.17. The van der Waals surface area contributed by atoms with Crippen molar-refractivity contribution in [1.82, 2.24) is 9.47 Å². The quantitative estimate of drug-likeness (QED) is 0.338. The maximum absolute atomic E-state index is 2.53. The molecule has 0 aliphatic carbocycles. The molecule has 152 valence electrons. The zero-order valence-electron chi connectivity index (χ0n) is 18.0. The molecule has 2 heteroatoms. The number of nitrogens with zero attached hydrogens (tertiary/aromatic N) is 2. The third kappa shape index (κ3) is 5.28. The highest BCUT2D eigenvalue weighted by molar-refractivity contribution is 5.27. The molecule has 1 aromatic heterocycles. The van der Waals surface area contributed by atoms with Crippen LogP contribution in [0.25, 0.3) is 0 Å². The Hall–Kier alpha value is -3.10. The summed E-state index contributed by atoms with van der Waals surface area (Å²) < 4.78 is 2.38. The van der Waals surface area contributed by atoms with Crippen LogP contribution in [-0.2, 0) is 26.2 Å². The van der Waals surface area contributed by atoms with Crippen molar-refractivity contribution in [1.29, 1.82) is 0 Å². The molecule has 0 N–H and O–H groups in total. The third-order valence-corrected chi connectivity index (χ3v) is 5.69. The van der Waals surface area contributed by atoms with Crippen molar-refractivity contribution in [3.05, 3.63) is 131 Å². The summed E-state index contributed by atoms with van der Waals surface area (Å²) in [6.45, 7) is 8.04. The Morgan fingerprint density at radius 2 is 1.30 bits per heavy atom. The van der Waals surface area contributed by atoms with Gasteiger partial charge in [-0.3, -0.25) is 4.90 Å². The van der Waals surface area contributed by atoms with Crippen molar-refractivity contribution < 1.29 is 0 Å². The summed E-state index contributed by atoms with van der Waals surface area (Å²) in [4.78, 5) is 2.53. The Kier molecular flexibility index (Phi) is 6.46. The van der Waals surface area contributed by atoms with E-state index in [4.69, 9.17) is 0 Å². The Balaban J connectivity index is 1.55. The number of rotatable bonds is 8. The number of aryl methyl sites for hydroxylation is 2. The third-order valence-electron chi connectivity index (χ3n) is 5.69. The van der Waals surface area contributed by atoms with E-state index >= 15 is 0 Å². The van der Waals surface area contributed by atoms with Crippen molar-refractivity contribution >= 4 is 0 Å². The molecule has 0 saturated heterocycles. The van der Waals surface area contributed by atoms with Gasteiger partial charge in [-0.2, -0.15) is 0 Å². The molecule has 0 unspecified atom stereocenters. The Morgan fingerprint density at radius 1 is 0.633 bits per heavy atom. The van der Waals surface area contributed by atoms with E-state index in [2.05, 4.69) is 121 Å². The van der Waals surface area contributed by atoms with Crippen molar-refractivity contribution in [2.45, 2.75) is 40.0 Å². The van der Waals surface area contributed by atoms with Gasteiger partial charge in [0.1, 0.15) is 0 Å². The first-order valence-electron chi connectivity index (χ1n) is 10.7. The Labute approximate surface area is 180 Å². The van der Waals surface area contributed by atoms with Crippen molar-refractivity contribution in [3.63, 3.8) is 0 Å². The van der Waals surface area contributed by atoms with Crippen molar-refractivity contribution in [3.8, 4) is 0 Å². The summed E-state index contributed by atoms with van der Waals surface area (Å²) in [5.41, 5.74) is 8.08. The van der Waals surface area contributed by atoms with E-state index in [0.717, 1.165) is 26.2 Å². The van der Waals surface area contributed by atoms with E-state index in [9.17, 15) is 0 Å². The predicted molar refractivity (Wildman–Crippen MR) is 125 cm³/mol. The van der Waals surface area contributed by atoms with Crippen molar-refractivity contribution in [2.24, 2.45) is 0 Å². The number of hydrogen-bond donors (Lipinski definition) is 0. The fraction of sp³-hybridized carbons (Fsp3) is 0.214. The molecule has 0 aliphatic heterocycles. The molecular formula is C28H30N2. The molecule has 0 amide bonds. The Morgan fingerprint density at radius 3 is 2.03 bits per heavy atom. The number of hydrogen-bond acceptors (Lipinski definition) is 1. The lowest BCUT2D eigenvalue weighted by molar-refractivity contribution is 0.241. The molecule has 0 spiro atoms. The molecule has 3 aromatic carbocycles. The van der Waals surface area contributed by atoms with Crippen LogP contribution in [0.4, 0.5) is 0 Å². The first kappa shape index (κ1) is 20.2. The standard InChI is InChI=1S/C28H30N2/c1-23-14-16-26(17-15-23)20-29(19-25-10-4-3-5-11-25)22-28-13-8-18-30(28)21-27-12-7-6-9-24(27)2/h3-18H,19-22H2,1-2H3. The van der Waals surface area contributed by atoms with Crippen LogP contribution in [0.3, 0.4) is 0 Å². The molecular weight excluding hydrogens is 364 g/mol. The SMILES string of the molecule is Cc1ccc(CN(Cc2ccccc2)Cc2cccn2Cc2ccccc2C)cc1. The largest absolute Gasteiger partial charge is 0.346 e. The summed E-state index contributed by atoms with van der Waals surface area (Å²) in [7, 11) is 0. The lowest BCUT2D eigenvalue weighted by Gasteiger charge is -2.24. The minimum atomic E-state index is 0.915. The lowest BCUT2D eigenvalue weighted by Crippen LogP contribution is -2.24. The van der Waals surface area contributed by atoms with Gasteiger partial charge < -0.3 is 4.57 Å². The van der Waals surface area contributed by atoms with Crippen LogP contribution >= 0.6 is 0 Å². The molecule has 0 radical (unpaired) electrons. The number of benzene rings is 3. The minimum Gasteiger partial charge on any atom is -0.346 e. The molecule has 1 heterocycles. The lowest BCUT2D eigenvalue weighted by atomic mass is 10.1. The van der Waals surface area contributed by atoms with E-state index in [-0.39, 0.29) is 0 Å². The minimum absolute atomic E-state index is 0.915. The van der Waals surface area contributed by atoms with Crippen LogP contribution in [-0.4, -0.2) is 9.47 Å². The van der Waals surface area contributed by atoms with E-state index in [0.29, 0.717) is 0 Å². The van der Waals surface area contributed by atoms with Crippen molar-refractivity contribution in [2.75, 3.05) is 0 Å². The average molecular weight is 395 g/mol. The molecule has 0 fully saturated rings. The fourth-order valence-corrected chi connectivity index (χ4v) is 3.91. The van der Waals surface area contributed by atoms with Gasteiger partial charge >= 0.3 is 0 Å². The molecule has 0 bridgehead atoms. The van der Waals surface area contributed by atoms with Gasteiger partial charge in [-0.1, -0.05) is 84.4 Å². The Bertz CT molecular complexity index is 1060. The van der Waals surface area contributed by atoms with Crippen LogP contribution in [0, 0.1) is 13.8 Å². The van der Waals surface area contributed by atoms with Gasteiger partial charge in [0.2, 0.25) is 0 Å². The molecule has 4 rings (SSSR count). The smallest absolute Gasteiger partial charge is 0.0476 e. The maximum atomic E-state index is 2.53.